The highest BCUT2D eigenvalue weighted by Gasteiger charge is 2.24. The lowest BCUT2D eigenvalue weighted by molar-refractivity contribution is 0.0628. The minimum atomic E-state index is 0.0676. The zero-order chi connectivity index (χ0) is 19.3. The molecule has 4 rings (SSSR count). The molecule has 1 aliphatic heterocycles. The fraction of sp³-hybridized carbons (Fsp3) is 0.273. The summed E-state index contributed by atoms with van der Waals surface area (Å²) in [4.78, 5) is 21.8. The average Bonchev–Trinajstić information content (AvgIpc) is 3.24. The summed E-state index contributed by atoms with van der Waals surface area (Å²) in [5.41, 5.74) is 9.31. The summed E-state index contributed by atoms with van der Waals surface area (Å²) in [7, 11) is 0. The number of carbonyl (C=O) groups excluding carboxylic acids is 1. The van der Waals surface area contributed by atoms with Gasteiger partial charge in [-0.3, -0.25) is 9.69 Å². The molecule has 0 bridgehead atoms. The molecule has 28 heavy (non-hydrogen) atoms. The van der Waals surface area contributed by atoms with Gasteiger partial charge in [-0.25, -0.2) is 4.98 Å². The lowest BCUT2D eigenvalue weighted by atomic mass is 10.1. The van der Waals surface area contributed by atoms with Gasteiger partial charge in [0.25, 0.3) is 5.91 Å². The highest BCUT2D eigenvalue weighted by molar-refractivity contribution is 5.97. The molecule has 0 saturated carbocycles. The average molecular weight is 375 g/mol. The molecule has 0 spiro atoms. The summed E-state index contributed by atoms with van der Waals surface area (Å²) in [5.74, 6) is 0.0676. The van der Waals surface area contributed by atoms with E-state index < -0.39 is 0 Å². The largest absolute Gasteiger partial charge is 0.336 e. The number of piperazine rings is 1. The summed E-state index contributed by atoms with van der Waals surface area (Å²) < 4.78 is 1.88. The van der Waals surface area contributed by atoms with Crippen LogP contribution in [0.2, 0.25) is 0 Å². The standard InChI is InChI=1S/C22H25N5O/c23-14-19-16-27(17-24-19)21-9-5-4-8-20(21)22(28)26-12-10-25(11-13-26)15-18-6-2-1-3-7-18/h1-9,16-17H,10-15,23H2. The monoisotopic (exact) mass is 375 g/mol. The Balaban J connectivity index is 1.44. The molecule has 1 aliphatic rings. The van der Waals surface area contributed by atoms with Crippen molar-refractivity contribution in [2.45, 2.75) is 13.1 Å². The Kier molecular flexibility index (Phi) is 5.50. The third-order valence-electron chi connectivity index (χ3n) is 5.17. The van der Waals surface area contributed by atoms with Crippen LogP contribution in [0.25, 0.3) is 5.69 Å². The molecular formula is C22H25N5O. The van der Waals surface area contributed by atoms with Gasteiger partial charge in [0.05, 0.1) is 23.3 Å². The number of nitrogens with two attached hydrogens (primary N) is 1. The number of nitrogens with zero attached hydrogens (tertiary/aromatic N) is 4. The summed E-state index contributed by atoms with van der Waals surface area (Å²) >= 11 is 0. The lowest BCUT2D eigenvalue weighted by Crippen LogP contribution is -2.48. The molecule has 6 heteroatoms. The van der Waals surface area contributed by atoms with Gasteiger partial charge in [0.15, 0.2) is 0 Å². The number of para-hydroxylation sites is 1. The smallest absolute Gasteiger partial charge is 0.256 e. The molecule has 1 amide bonds. The Labute approximate surface area is 165 Å². The second kappa shape index (κ2) is 8.37. The first-order chi connectivity index (χ1) is 13.7. The van der Waals surface area contributed by atoms with Crippen molar-refractivity contribution < 1.29 is 4.79 Å². The molecule has 2 heterocycles. The first kappa shape index (κ1) is 18.4. The van der Waals surface area contributed by atoms with Crippen molar-refractivity contribution in [3.63, 3.8) is 0 Å². The van der Waals surface area contributed by atoms with Gasteiger partial charge in [-0.2, -0.15) is 0 Å². The Hall–Kier alpha value is -2.96. The zero-order valence-corrected chi connectivity index (χ0v) is 15.9. The highest BCUT2D eigenvalue weighted by Crippen LogP contribution is 2.19. The van der Waals surface area contributed by atoms with E-state index in [1.54, 1.807) is 6.33 Å². The van der Waals surface area contributed by atoms with Crippen molar-refractivity contribution >= 4 is 5.91 Å². The third-order valence-corrected chi connectivity index (χ3v) is 5.17. The topological polar surface area (TPSA) is 67.4 Å². The molecule has 1 fully saturated rings. The Morgan fingerprint density at radius 1 is 0.964 bits per heavy atom. The predicted molar refractivity (Wildman–Crippen MR) is 109 cm³/mol. The molecule has 0 unspecified atom stereocenters. The minimum Gasteiger partial charge on any atom is -0.336 e. The van der Waals surface area contributed by atoms with Gasteiger partial charge in [-0.05, 0) is 17.7 Å². The molecule has 0 atom stereocenters. The molecule has 0 radical (unpaired) electrons. The molecule has 2 aromatic carbocycles. The zero-order valence-electron chi connectivity index (χ0n) is 15.9. The Morgan fingerprint density at radius 3 is 2.39 bits per heavy atom. The van der Waals surface area contributed by atoms with Crippen molar-refractivity contribution in [2.24, 2.45) is 5.73 Å². The molecule has 3 aromatic rings. The normalized spacial score (nSPS) is 15.0. The second-order valence-electron chi connectivity index (χ2n) is 7.05. The molecular weight excluding hydrogens is 350 g/mol. The van der Waals surface area contributed by atoms with Crippen LogP contribution >= 0.6 is 0 Å². The van der Waals surface area contributed by atoms with Crippen LogP contribution in [0, 0.1) is 0 Å². The maximum Gasteiger partial charge on any atom is 0.256 e. The molecule has 1 aromatic heterocycles. The third kappa shape index (κ3) is 3.98. The van der Waals surface area contributed by atoms with Crippen molar-refractivity contribution in [1.82, 2.24) is 19.4 Å². The predicted octanol–water partition coefficient (Wildman–Crippen LogP) is 2.29. The van der Waals surface area contributed by atoms with Gasteiger partial charge in [-0.1, -0.05) is 42.5 Å². The second-order valence-corrected chi connectivity index (χ2v) is 7.05. The van der Waals surface area contributed by atoms with E-state index in [0.717, 1.165) is 44.1 Å². The summed E-state index contributed by atoms with van der Waals surface area (Å²) in [5, 5.41) is 0. The number of rotatable bonds is 5. The lowest BCUT2D eigenvalue weighted by Gasteiger charge is -2.35. The highest BCUT2D eigenvalue weighted by atomic mass is 16.2. The van der Waals surface area contributed by atoms with Gasteiger partial charge < -0.3 is 15.2 Å². The van der Waals surface area contributed by atoms with E-state index in [0.29, 0.717) is 12.1 Å². The summed E-state index contributed by atoms with van der Waals surface area (Å²) in [6.45, 7) is 4.54. The number of aromatic nitrogens is 2. The first-order valence-corrected chi connectivity index (χ1v) is 9.62. The van der Waals surface area contributed by atoms with Gasteiger partial charge in [0.1, 0.15) is 0 Å². The van der Waals surface area contributed by atoms with Crippen LogP contribution in [0.5, 0.6) is 0 Å². The fourth-order valence-electron chi connectivity index (χ4n) is 3.60. The number of amides is 1. The quantitative estimate of drug-likeness (QED) is 0.743. The van der Waals surface area contributed by atoms with Crippen LogP contribution in [0.1, 0.15) is 21.6 Å². The van der Waals surface area contributed by atoms with Crippen LogP contribution in [-0.2, 0) is 13.1 Å². The number of imidazole rings is 1. The Morgan fingerprint density at radius 2 is 1.68 bits per heavy atom. The van der Waals surface area contributed by atoms with Gasteiger partial charge in [0, 0.05) is 45.5 Å². The van der Waals surface area contributed by atoms with Gasteiger partial charge >= 0.3 is 0 Å². The van der Waals surface area contributed by atoms with Crippen molar-refractivity contribution in [1.29, 1.82) is 0 Å². The maximum absolute atomic E-state index is 13.2. The van der Waals surface area contributed by atoms with Crippen molar-refractivity contribution in [2.75, 3.05) is 26.2 Å². The SMILES string of the molecule is NCc1cn(-c2ccccc2C(=O)N2CCN(Cc3ccccc3)CC2)cn1. The molecule has 6 nitrogen and oxygen atoms in total. The summed E-state index contributed by atoms with van der Waals surface area (Å²) in [6, 6.07) is 18.1. The molecule has 144 valence electrons. The van der Waals surface area contributed by atoms with Crippen molar-refractivity contribution in [3.05, 3.63) is 83.9 Å². The first-order valence-electron chi connectivity index (χ1n) is 9.62. The Bertz CT molecular complexity index is 929. The van der Waals surface area contributed by atoms with E-state index in [1.807, 2.05) is 46.0 Å². The van der Waals surface area contributed by atoms with Crippen LogP contribution < -0.4 is 5.73 Å². The molecule has 1 saturated heterocycles. The van der Waals surface area contributed by atoms with E-state index >= 15 is 0 Å². The van der Waals surface area contributed by atoms with Crippen LogP contribution in [-0.4, -0.2) is 51.4 Å². The van der Waals surface area contributed by atoms with E-state index in [4.69, 9.17) is 5.73 Å². The van der Waals surface area contributed by atoms with E-state index in [9.17, 15) is 4.79 Å². The van der Waals surface area contributed by atoms with Gasteiger partial charge in [-0.15, -0.1) is 0 Å². The molecule has 0 aliphatic carbocycles. The number of carbonyl (C=O) groups is 1. The van der Waals surface area contributed by atoms with Crippen LogP contribution in [0.4, 0.5) is 0 Å². The fourth-order valence-corrected chi connectivity index (χ4v) is 3.60. The van der Waals surface area contributed by atoms with Crippen LogP contribution in [0.15, 0.2) is 67.1 Å². The number of benzene rings is 2. The molecule has 2 N–H and O–H groups in total. The number of hydrogen-bond donors (Lipinski definition) is 1. The van der Waals surface area contributed by atoms with E-state index in [-0.39, 0.29) is 5.91 Å². The van der Waals surface area contributed by atoms with E-state index in [2.05, 4.69) is 34.1 Å². The summed E-state index contributed by atoms with van der Waals surface area (Å²) in [6.07, 6.45) is 3.59. The van der Waals surface area contributed by atoms with Gasteiger partial charge in [0.2, 0.25) is 0 Å². The minimum absolute atomic E-state index is 0.0676. The van der Waals surface area contributed by atoms with Crippen molar-refractivity contribution in [3.8, 4) is 5.69 Å². The number of hydrogen-bond acceptors (Lipinski definition) is 4. The van der Waals surface area contributed by atoms with E-state index in [1.165, 1.54) is 5.56 Å². The van der Waals surface area contributed by atoms with Crippen LogP contribution in [0.3, 0.4) is 0 Å². The maximum atomic E-state index is 13.2.